The highest BCUT2D eigenvalue weighted by atomic mass is 32.3. The third kappa shape index (κ3) is 4.91. The van der Waals surface area contributed by atoms with Crippen molar-refractivity contribution in [2.45, 2.75) is 66.8 Å². The minimum Gasteiger partial charge on any atom is -0.446 e. The number of sulfone groups is 2. The van der Waals surface area contributed by atoms with Crippen molar-refractivity contribution in [3.05, 3.63) is 0 Å². The first kappa shape index (κ1) is 24.0. The summed E-state index contributed by atoms with van der Waals surface area (Å²) in [7, 11) is -13.5. The zero-order chi connectivity index (χ0) is 22.4. The highest BCUT2D eigenvalue weighted by Crippen LogP contribution is 2.44. The Morgan fingerprint density at radius 3 is 1.90 bits per heavy atom. The van der Waals surface area contributed by atoms with E-state index in [1.54, 1.807) is 0 Å². The molecule has 170 valence electrons. The van der Waals surface area contributed by atoms with Gasteiger partial charge in [0.25, 0.3) is 19.7 Å². The molecule has 0 aromatic carbocycles. The molecule has 2 fully saturated rings. The quantitative estimate of drug-likeness (QED) is 0.592. The number of alkyl halides is 6. The molecule has 0 heterocycles. The van der Waals surface area contributed by atoms with Crippen LogP contribution in [0.5, 0.6) is 0 Å². The van der Waals surface area contributed by atoms with E-state index in [0.717, 1.165) is 26.2 Å². The van der Waals surface area contributed by atoms with E-state index < -0.39 is 53.9 Å². The number of nitrogens with one attached hydrogen (secondary N) is 1. The van der Waals surface area contributed by atoms with Gasteiger partial charge in [-0.15, -0.1) is 0 Å². The van der Waals surface area contributed by atoms with Gasteiger partial charge in [0.2, 0.25) is 0 Å². The van der Waals surface area contributed by atoms with E-state index >= 15 is 0 Å². The van der Waals surface area contributed by atoms with Gasteiger partial charge in [0.15, 0.2) is 4.58 Å². The number of halogens is 6. The fraction of sp³-hybridized carbons (Fsp3) is 0.929. The maximum Gasteiger partial charge on any atom is 0.498 e. The second kappa shape index (κ2) is 7.78. The number of amides is 1. The predicted molar refractivity (Wildman–Crippen MR) is 86.7 cm³/mol. The molecular weight excluding hydrogens is 456 g/mol. The van der Waals surface area contributed by atoms with Gasteiger partial charge < -0.3 is 10.1 Å². The molecule has 29 heavy (non-hydrogen) atoms. The van der Waals surface area contributed by atoms with Crippen molar-refractivity contribution in [1.29, 1.82) is 0 Å². The first-order chi connectivity index (χ1) is 13.0. The molecule has 7 nitrogen and oxygen atoms in total. The molecule has 2 aliphatic rings. The molecule has 2 bridgehead atoms. The Labute approximate surface area is 163 Å². The number of hydrogen-bond acceptors (Lipinski definition) is 6. The largest absolute Gasteiger partial charge is 0.498 e. The molecule has 0 saturated heterocycles. The summed E-state index contributed by atoms with van der Waals surface area (Å²) in [5.41, 5.74) is -12.5. The van der Waals surface area contributed by atoms with Crippen molar-refractivity contribution in [3.63, 3.8) is 0 Å². The lowest BCUT2D eigenvalue weighted by molar-refractivity contribution is -0.0476. The van der Waals surface area contributed by atoms with E-state index in [4.69, 9.17) is 0 Å². The van der Waals surface area contributed by atoms with Crippen LogP contribution >= 0.6 is 0 Å². The maximum atomic E-state index is 12.7. The smallest absolute Gasteiger partial charge is 0.446 e. The average molecular weight is 475 g/mol. The molecule has 0 aliphatic heterocycles. The first-order valence-electron chi connectivity index (χ1n) is 8.54. The Balaban J connectivity index is 2.13. The van der Waals surface area contributed by atoms with Gasteiger partial charge in [-0.25, -0.2) is 21.6 Å². The number of alkyl carbamates (subject to hydrolysis) is 1. The normalized spacial score (nSPS) is 26.6. The summed E-state index contributed by atoms with van der Waals surface area (Å²) in [5.74, 6) is 0.604. The Hall–Kier alpha value is -1.25. The lowest BCUT2D eigenvalue weighted by atomic mass is 9.96. The topological polar surface area (TPSA) is 107 Å². The van der Waals surface area contributed by atoms with Gasteiger partial charge in [-0.3, -0.25) is 0 Å². The zero-order valence-electron chi connectivity index (χ0n) is 15.0. The molecule has 4 atom stereocenters. The van der Waals surface area contributed by atoms with Crippen molar-refractivity contribution >= 4 is 25.8 Å². The minimum atomic E-state index is -6.76. The summed E-state index contributed by atoms with van der Waals surface area (Å²) in [6, 6.07) is -0.262. The van der Waals surface area contributed by atoms with Crippen molar-refractivity contribution in [2.75, 3.05) is 0 Å². The summed E-state index contributed by atoms with van der Waals surface area (Å²) in [6.45, 7) is 0.811. The Morgan fingerprint density at radius 1 is 1.00 bits per heavy atom. The van der Waals surface area contributed by atoms with E-state index in [1.165, 1.54) is 0 Å². The molecule has 2 saturated carbocycles. The van der Waals surface area contributed by atoms with E-state index in [2.05, 4.69) is 10.1 Å². The Kier molecular flexibility index (Phi) is 6.44. The van der Waals surface area contributed by atoms with E-state index in [1.807, 2.05) is 0 Å². The molecule has 0 radical (unpaired) electrons. The molecular formula is C14H19F6NO6S2. The van der Waals surface area contributed by atoms with Crippen LogP contribution in [0.25, 0.3) is 0 Å². The lowest BCUT2D eigenvalue weighted by Gasteiger charge is -2.25. The van der Waals surface area contributed by atoms with Crippen LogP contribution < -0.4 is 5.32 Å². The van der Waals surface area contributed by atoms with Gasteiger partial charge in [0.1, 0.15) is 6.10 Å². The van der Waals surface area contributed by atoms with Gasteiger partial charge in [-0.05, 0) is 38.0 Å². The molecule has 1 N–H and O–H groups in total. The van der Waals surface area contributed by atoms with E-state index in [9.17, 15) is 48.0 Å². The van der Waals surface area contributed by atoms with Crippen molar-refractivity contribution in [3.8, 4) is 0 Å². The molecule has 0 aromatic heterocycles. The Bertz CT molecular complexity index is 794. The third-order valence-corrected chi connectivity index (χ3v) is 9.79. The molecule has 2 aliphatic carbocycles. The molecule has 1 amide bonds. The summed E-state index contributed by atoms with van der Waals surface area (Å²) >= 11 is 0. The Morgan fingerprint density at radius 2 is 1.52 bits per heavy atom. The molecule has 4 unspecified atom stereocenters. The number of hydrogen-bond donors (Lipinski definition) is 1. The SMILES string of the molecule is CC(CC(S(=O)(=O)C(F)(F)F)S(=O)(=O)C(F)(F)F)OC(=O)NC1CC2CCC1C2. The highest BCUT2D eigenvalue weighted by Gasteiger charge is 2.63. The third-order valence-electron chi connectivity index (χ3n) is 5.21. The summed E-state index contributed by atoms with van der Waals surface area (Å²) in [5, 5.41) is 2.45. The minimum absolute atomic E-state index is 0.187. The van der Waals surface area contributed by atoms with Gasteiger partial charge >= 0.3 is 17.1 Å². The average Bonchev–Trinajstić information content (AvgIpc) is 3.12. The van der Waals surface area contributed by atoms with Crippen molar-refractivity contribution in [2.24, 2.45) is 11.8 Å². The molecule has 0 aromatic rings. The van der Waals surface area contributed by atoms with Crippen LogP contribution in [0.1, 0.15) is 39.0 Å². The van der Waals surface area contributed by atoms with Crippen LogP contribution in [0, 0.1) is 11.8 Å². The monoisotopic (exact) mass is 475 g/mol. The molecule has 15 heteroatoms. The van der Waals surface area contributed by atoms with Crippen LogP contribution in [0.15, 0.2) is 0 Å². The fourth-order valence-corrected chi connectivity index (χ4v) is 7.46. The van der Waals surface area contributed by atoms with Crippen LogP contribution in [0.2, 0.25) is 0 Å². The zero-order valence-corrected chi connectivity index (χ0v) is 16.6. The number of carbonyl (C=O) groups excluding carboxylic acids is 1. The van der Waals surface area contributed by atoms with Crippen LogP contribution in [0.3, 0.4) is 0 Å². The number of carbonyl (C=O) groups is 1. The summed E-state index contributed by atoms with van der Waals surface area (Å²) in [4.78, 5) is 11.9. The summed E-state index contributed by atoms with van der Waals surface area (Å²) in [6.07, 6.45) is -1.34. The van der Waals surface area contributed by atoms with Crippen molar-refractivity contribution < 1.29 is 52.7 Å². The van der Waals surface area contributed by atoms with E-state index in [0.29, 0.717) is 12.3 Å². The number of ether oxygens (including phenoxy) is 1. The van der Waals surface area contributed by atoms with Crippen molar-refractivity contribution in [1.82, 2.24) is 5.32 Å². The van der Waals surface area contributed by atoms with Crippen LogP contribution in [-0.2, 0) is 24.4 Å². The van der Waals surface area contributed by atoms with Gasteiger partial charge in [-0.2, -0.15) is 26.3 Å². The van der Waals surface area contributed by atoms with Gasteiger partial charge in [0, 0.05) is 12.5 Å². The van der Waals surface area contributed by atoms with E-state index in [-0.39, 0.29) is 12.0 Å². The first-order valence-corrected chi connectivity index (χ1v) is 11.6. The standard InChI is InChI=1S/C14H19F6NO6S2/c1-7(27-12(22)21-10-6-8-2-3-9(10)5-8)4-11(28(23,24)13(15,16)17)29(25,26)14(18,19)20/h7-11H,2-6H2,1H3,(H,21,22). The second-order valence-corrected chi connectivity index (χ2v) is 11.8. The fourth-order valence-electron chi connectivity index (χ4n) is 3.83. The van der Waals surface area contributed by atoms with Crippen LogP contribution in [0.4, 0.5) is 31.1 Å². The summed E-state index contributed by atoms with van der Waals surface area (Å²) < 4.78 is 123. The second-order valence-electron chi connectivity index (χ2n) is 7.29. The lowest BCUT2D eigenvalue weighted by Crippen LogP contribution is -2.47. The maximum absolute atomic E-state index is 12.7. The van der Waals surface area contributed by atoms with Crippen LogP contribution in [-0.4, -0.2) is 50.7 Å². The molecule has 2 rings (SSSR count). The number of rotatable bonds is 6. The predicted octanol–water partition coefficient (Wildman–Crippen LogP) is 2.88. The van der Waals surface area contributed by atoms with Gasteiger partial charge in [-0.1, -0.05) is 6.42 Å². The number of fused-ring (bicyclic) bond motifs is 2. The molecule has 0 spiro atoms. The van der Waals surface area contributed by atoms with Gasteiger partial charge in [0.05, 0.1) is 0 Å². The highest BCUT2D eigenvalue weighted by molar-refractivity contribution is 8.09.